The Labute approximate surface area is 356 Å². The molecule has 62 heavy (non-hydrogen) atoms. The molecule has 0 radical (unpaired) electrons. The van der Waals surface area contributed by atoms with Gasteiger partial charge in [-0.05, 0) is 70.4 Å². The van der Waals surface area contributed by atoms with Gasteiger partial charge in [0.05, 0.1) is 33.5 Å². The predicted molar refractivity (Wildman–Crippen MR) is 251 cm³/mol. The van der Waals surface area contributed by atoms with Gasteiger partial charge < -0.3 is 0 Å². The lowest BCUT2D eigenvalue weighted by atomic mass is 9.98. The molecule has 0 amide bonds. The topological polar surface area (TPSA) is 90.2 Å². The molecular formula is C55H33N7. The van der Waals surface area contributed by atoms with E-state index in [1.54, 1.807) is 0 Å². The van der Waals surface area contributed by atoms with Crippen LogP contribution in [0.4, 0.5) is 0 Å². The van der Waals surface area contributed by atoms with Crippen molar-refractivity contribution in [3.05, 3.63) is 200 Å². The van der Waals surface area contributed by atoms with Crippen LogP contribution in [0.2, 0.25) is 0 Å². The molecule has 5 aromatic heterocycles. The lowest BCUT2D eigenvalue weighted by molar-refractivity contribution is 1.06. The second-order valence-corrected chi connectivity index (χ2v) is 15.4. The monoisotopic (exact) mass is 791 g/mol. The molecule has 12 rings (SSSR count). The highest BCUT2D eigenvalue weighted by atomic mass is 15.0. The van der Waals surface area contributed by atoms with Crippen LogP contribution < -0.4 is 0 Å². The Hall–Kier alpha value is -8.55. The highest BCUT2D eigenvalue weighted by Gasteiger charge is 2.15. The predicted octanol–water partition coefficient (Wildman–Crippen LogP) is 13.2. The number of benzene rings is 7. The average Bonchev–Trinajstić information content (AvgIpc) is 3.35. The van der Waals surface area contributed by atoms with Gasteiger partial charge in [-0.3, -0.25) is 4.98 Å². The van der Waals surface area contributed by atoms with E-state index in [0.717, 1.165) is 99.2 Å². The van der Waals surface area contributed by atoms with Crippen molar-refractivity contribution in [3.63, 3.8) is 0 Å². The summed E-state index contributed by atoms with van der Waals surface area (Å²) in [5.41, 5.74) is 12.2. The molecule has 0 saturated carbocycles. The zero-order valence-electron chi connectivity index (χ0n) is 33.2. The molecule has 7 aromatic carbocycles. The average molecular weight is 792 g/mol. The Bertz CT molecular complexity index is 3640. The number of fused-ring (bicyclic) bond motifs is 6. The highest BCUT2D eigenvalue weighted by molar-refractivity contribution is 6.03. The van der Waals surface area contributed by atoms with Gasteiger partial charge in [0, 0.05) is 50.0 Å². The van der Waals surface area contributed by atoms with Crippen molar-refractivity contribution < 1.29 is 0 Å². The van der Waals surface area contributed by atoms with Crippen LogP contribution in [0.25, 0.3) is 122 Å². The third-order valence-electron chi connectivity index (χ3n) is 11.5. The Kier molecular flexibility index (Phi) is 8.35. The number of hydrogen-bond donors (Lipinski definition) is 0. The molecular weight excluding hydrogens is 759 g/mol. The van der Waals surface area contributed by atoms with Crippen molar-refractivity contribution >= 4 is 54.4 Å². The van der Waals surface area contributed by atoms with Gasteiger partial charge in [0.2, 0.25) is 0 Å². The molecule has 0 N–H and O–H groups in total. The van der Waals surface area contributed by atoms with Gasteiger partial charge in [-0.25, -0.2) is 29.9 Å². The van der Waals surface area contributed by atoms with Crippen molar-refractivity contribution in [1.29, 1.82) is 0 Å². The molecule has 12 aromatic rings. The summed E-state index contributed by atoms with van der Waals surface area (Å²) in [5, 5.41) is 6.58. The largest absolute Gasteiger partial charge is 0.254 e. The Morgan fingerprint density at radius 3 is 1.37 bits per heavy atom. The minimum Gasteiger partial charge on any atom is -0.254 e. The second-order valence-electron chi connectivity index (χ2n) is 15.4. The molecule has 0 unspecified atom stereocenters. The number of hydrogen-bond acceptors (Lipinski definition) is 7. The Balaban J connectivity index is 0.862. The molecule has 7 nitrogen and oxygen atoms in total. The van der Waals surface area contributed by atoms with E-state index in [2.05, 4.69) is 126 Å². The lowest BCUT2D eigenvalue weighted by Crippen LogP contribution is -2.01. The SMILES string of the molecule is c1ccc(-c2nc(-c3ccccc3)nc(-c3ccc4ccc(-c5ccc6ccc(-c7ccc8cc(-c9ccc%10ccc%11cccnc%11c%10n9)ccc8c7)cc6n5)cc4n3)n2)cc1. The van der Waals surface area contributed by atoms with Crippen LogP contribution in [0.5, 0.6) is 0 Å². The van der Waals surface area contributed by atoms with E-state index in [4.69, 9.17) is 29.9 Å². The van der Waals surface area contributed by atoms with Crippen molar-refractivity contribution in [3.8, 4) is 67.9 Å². The molecule has 0 aliphatic carbocycles. The van der Waals surface area contributed by atoms with Crippen LogP contribution in [-0.2, 0) is 0 Å². The van der Waals surface area contributed by atoms with E-state index < -0.39 is 0 Å². The van der Waals surface area contributed by atoms with Crippen molar-refractivity contribution in [2.75, 3.05) is 0 Å². The van der Waals surface area contributed by atoms with Crippen LogP contribution in [-0.4, -0.2) is 34.9 Å². The van der Waals surface area contributed by atoms with Crippen molar-refractivity contribution in [2.24, 2.45) is 0 Å². The lowest BCUT2D eigenvalue weighted by Gasteiger charge is -2.10. The van der Waals surface area contributed by atoms with Crippen LogP contribution in [0.3, 0.4) is 0 Å². The number of nitrogens with zero attached hydrogens (tertiary/aromatic N) is 7. The van der Waals surface area contributed by atoms with E-state index >= 15 is 0 Å². The molecule has 0 aliphatic rings. The Morgan fingerprint density at radius 1 is 0.242 bits per heavy atom. The normalized spacial score (nSPS) is 11.5. The molecule has 0 aliphatic heterocycles. The Morgan fingerprint density at radius 2 is 0.694 bits per heavy atom. The fourth-order valence-corrected chi connectivity index (χ4v) is 8.25. The van der Waals surface area contributed by atoms with Crippen molar-refractivity contribution in [1.82, 2.24) is 34.9 Å². The van der Waals surface area contributed by atoms with Crippen LogP contribution >= 0.6 is 0 Å². The van der Waals surface area contributed by atoms with Gasteiger partial charge in [0.1, 0.15) is 5.69 Å². The van der Waals surface area contributed by atoms with Gasteiger partial charge >= 0.3 is 0 Å². The summed E-state index contributed by atoms with van der Waals surface area (Å²) in [7, 11) is 0. The first-order valence-electron chi connectivity index (χ1n) is 20.5. The summed E-state index contributed by atoms with van der Waals surface area (Å²) in [4.78, 5) is 34.7. The molecule has 5 heterocycles. The first kappa shape index (κ1) is 35.4. The third-order valence-corrected chi connectivity index (χ3v) is 11.5. The van der Waals surface area contributed by atoms with Gasteiger partial charge in [0.25, 0.3) is 0 Å². The molecule has 288 valence electrons. The summed E-state index contributed by atoms with van der Waals surface area (Å²) in [6.07, 6.45) is 1.83. The van der Waals surface area contributed by atoms with Crippen molar-refractivity contribution in [2.45, 2.75) is 0 Å². The first-order valence-corrected chi connectivity index (χ1v) is 20.5. The fourth-order valence-electron chi connectivity index (χ4n) is 8.25. The van der Waals surface area contributed by atoms with E-state index in [-0.39, 0.29) is 0 Å². The zero-order chi connectivity index (χ0) is 41.0. The summed E-state index contributed by atoms with van der Waals surface area (Å²) in [5.74, 6) is 1.72. The van der Waals surface area contributed by atoms with Gasteiger partial charge in [-0.1, -0.05) is 146 Å². The molecule has 0 fully saturated rings. The number of rotatable bonds is 6. The van der Waals surface area contributed by atoms with Crippen LogP contribution in [0.15, 0.2) is 200 Å². The quantitative estimate of drug-likeness (QED) is 0.155. The van der Waals surface area contributed by atoms with Crippen LogP contribution in [0, 0.1) is 0 Å². The van der Waals surface area contributed by atoms with E-state index in [9.17, 15) is 0 Å². The molecule has 0 saturated heterocycles. The summed E-state index contributed by atoms with van der Waals surface area (Å²) in [6, 6.07) is 66.7. The maximum atomic E-state index is 5.19. The number of aromatic nitrogens is 7. The minimum atomic E-state index is 0.518. The highest BCUT2D eigenvalue weighted by Crippen LogP contribution is 2.33. The fraction of sp³-hybridized carbons (Fsp3) is 0. The molecule has 7 heteroatoms. The summed E-state index contributed by atoms with van der Waals surface area (Å²) in [6.45, 7) is 0. The minimum absolute atomic E-state index is 0.518. The smallest absolute Gasteiger partial charge is 0.182 e. The molecule has 0 spiro atoms. The van der Waals surface area contributed by atoms with E-state index in [1.165, 1.54) is 0 Å². The van der Waals surface area contributed by atoms with Gasteiger partial charge in [-0.2, -0.15) is 0 Å². The summed E-state index contributed by atoms with van der Waals surface area (Å²) >= 11 is 0. The number of pyridine rings is 4. The second kappa shape index (κ2) is 14.6. The van der Waals surface area contributed by atoms with Gasteiger partial charge in [-0.15, -0.1) is 0 Å². The van der Waals surface area contributed by atoms with Crippen LogP contribution in [0.1, 0.15) is 0 Å². The maximum absolute atomic E-state index is 5.19. The van der Waals surface area contributed by atoms with E-state index in [1.807, 2.05) is 79.0 Å². The first-order chi connectivity index (χ1) is 30.6. The molecule has 0 bridgehead atoms. The summed E-state index contributed by atoms with van der Waals surface area (Å²) < 4.78 is 0. The van der Waals surface area contributed by atoms with Gasteiger partial charge in [0.15, 0.2) is 17.5 Å². The standard InChI is InChI=1S/C55H33N7/c1-3-8-38(9-4-1)53-60-54(39-10-5-2-6-11-39)62-55(61-53)48-28-24-35-14-21-45(33-50(35)58-48)46-26-23-34-13-17-43(32-49(34)57-46)41-18-19-42-31-44(22-20-40(42)30-41)47-27-25-37-16-15-36-12-7-29-56-51(36)52(37)59-47/h1-33H. The van der Waals surface area contributed by atoms with E-state index in [0.29, 0.717) is 23.2 Å². The zero-order valence-corrected chi connectivity index (χ0v) is 33.2. The maximum Gasteiger partial charge on any atom is 0.182 e. The third kappa shape index (κ3) is 6.45. The molecule has 0 atom stereocenters.